The van der Waals surface area contributed by atoms with Gasteiger partial charge in [-0.15, -0.1) is 0 Å². The fourth-order valence-electron chi connectivity index (χ4n) is 4.31. The Kier molecular flexibility index (Phi) is 7.02. The molecule has 1 aliphatic heterocycles. The van der Waals surface area contributed by atoms with Crippen molar-refractivity contribution >= 4 is 17.6 Å². The number of carboxylic acid groups (broad SMARTS) is 1. The van der Waals surface area contributed by atoms with E-state index in [1.807, 2.05) is 6.92 Å². The molecule has 0 fully saturated rings. The zero-order valence-corrected chi connectivity index (χ0v) is 19.7. The first kappa shape index (κ1) is 25.2. The topological polar surface area (TPSA) is 96.7 Å². The number of nitrogens with zero attached hydrogens (tertiary/aromatic N) is 3. The summed E-state index contributed by atoms with van der Waals surface area (Å²) in [5.74, 6) is -0.940. The third-order valence-corrected chi connectivity index (χ3v) is 6.12. The highest BCUT2D eigenvalue weighted by Gasteiger charge is 2.36. The van der Waals surface area contributed by atoms with Gasteiger partial charge in [-0.05, 0) is 61.9 Å². The molecule has 36 heavy (non-hydrogen) atoms. The van der Waals surface area contributed by atoms with Gasteiger partial charge in [0.15, 0.2) is 0 Å². The Morgan fingerprint density at radius 3 is 2.56 bits per heavy atom. The van der Waals surface area contributed by atoms with Gasteiger partial charge in [-0.3, -0.25) is 9.59 Å². The molecule has 8 nitrogen and oxygen atoms in total. The fraction of sp³-hybridized carbons (Fsp3) is 0.320. The van der Waals surface area contributed by atoms with E-state index in [1.54, 1.807) is 47.4 Å². The SMILES string of the molecule is CNC(CC(=O)O)C(=O)N1CCc2c1ccc(OCc1cc(C(F)(F)F)n(-c3ccccc3)n1)c2C. The molecule has 1 atom stereocenters. The van der Waals surface area contributed by atoms with Crippen LogP contribution in [0.2, 0.25) is 0 Å². The van der Waals surface area contributed by atoms with Crippen LogP contribution in [0.5, 0.6) is 5.75 Å². The molecule has 2 N–H and O–H groups in total. The number of likely N-dealkylation sites (N-methyl/N-ethyl adjacent to an activating group) is 1. The first-order valence-electron chi connectivity index (χ1n) is 11.3. The van der Waals surface area contributed by atoms with Gasteiger partial charge in [-0.2, -0.15) is 18.3 Å². The summed E-state index contributed by atoms with van der Waals surface area (Å²) < 4.78 is 47.5. The molecule has 1 unspecified atom stereocenters. The van der Waals surface area contributed by atoms with Crippen molar-refractivity contribution in [3.63, 3.8) is 0 Å². The number of hydrogen-bond acceptors (Lipinski definition) is 5. The Bertz CT molecular complexity index is 1270. The Balaban J connectivity index is 1.54. The lowest BCUT2D eigenvalue weighted by Gasteiger charge is -2.23. The van der Waals surface area contributed by atoms with Gasteiger partial charge in [0, 0.05) is 12.2 Å². The highest BCUT2D eigenvalue weighted by Crippen LogP contribution is 2.37. The molecule has 1 aliphatic rings. The number of benzene rings is 2. The molecule has 0 saturated heterocycles. The third kappa shape index (κ3) is 5.06. The largest absolute Gasteiger partial charge is 0.487 e. The van der Waals surface area contributed by atoms with Gasteiger partial charge in [-0.25, -0.2) is 4.68 Å². The second kappa shape index (κ2) is 10.0. The van der Waals surface area contributed by atoms with E-state index in [4.69, 9.17) is 9.84 Å². The molecule has 0 bridgehead atoms. The monoisotopic (exact) mass is 502 g/mol. The summed E-state index contributed by atoms with van der Waals surface area (Å²) >= 11 is 0. The number of fused-ring (bicyclic) bond motifs is 1. The molecule has 190 valence electrons. The standard InChI is InChI=1S/C25H25F3N4O4/c1-15-18-10-11-31(24(35)19(29-2)13-23(33)34)20(18)8-9-21(15)36-14-16-12-22(25(26,27)28)32(30-16)17-6-4-3-5-7-17/h3-9,12,19,29H,10-11,13-14H2,1-2H3,(H,33,34). The number of ether oxygens (including phenoxy) is 1. The van der Waals surface area contributed by atoms with E-state index >= 15 is 0 Å². The van der Waals surface area contributed by atoms with Crippen molar-refractivity contribution < 1.29 is 32.6 Å². The van der Waals surface area contributed by atoms with E-state index < -0.39 is 23.9 Å². The van der Waals surface area contributed by atoms with Crippen LogP contribution in [0.15, 0.2) is 48.5 Å². The van der Waals surface area contributed by atoms with Crippen LogP contribution in [0.4, 0.5) is 18.9 Å². The molecule has 2 aromatic carbocycles. The van der Waals surface area contributed by atoms with Crippen molar-refractivity contribution in [2.45, 2.75) is 38.6 Å². The molecule has 0 aliphatic carbocycles. The lowest BCUT2D eigenvalue weighted by atomic mass is 10.0. The predicted octanol–water partition coefficient (Wildman–Crippen LogP) is 3.73. The van der Waals surface area contributed by atoms with Crippen molar-refractivity contribution in [3.8, 4) is 11.4 Å². The van der Waals surface area contributed by atoms with Gasteiger partial charge in [0.25, 0.3) is 0 Å². The highest BCUT2D eigenvalue weighted by atomic mass is 19.4. The molecule has 11 heteroatoms. The third-order valence-electron chi connectivity index (χ3n) is 6.12. The molecule has 4 rings (SSSR count). The molecule has 0 saturated carbocycles. The summed E-state index contributed by atoms with van der Waals surface area (Å²) in [4.78, 5) is 25.5. The minimum Gasteiger partial charge on any atom is -0.487 e. The summed E-state index contributed by atoms with van der Waals surface area (Å²) in [5.41, 5.74) is 1.82. The molecule has 0 radical (unpaired) electrons. The number of carbonyl (C=O) groups excluding carboxylic acids is 1. The summed E-state index contributed by atoms with van der Waals surface area (Å²) in [7, 11) is 1.54. The van der Waals surface area contributed by atoms with Crippen LogP contribution in [-0.2, 0) is 28.8 Å². The van der Waals surface area contributed by atoms with Crippen LogP contribution in [0.25, 0.3) is 5.69 Å². The molecular weight excluding hydrogens is 477 g/mol. The minimum absolute atomic E-state index is 0.119. The van der Waals surface area contributed by atoms with Crippen LogP contribution in [0.3, 0.4) is 0 Å². The zero-order valence-electron chi connectivity index (χ0n) is 19.7. The lowest BCUT2D eigenvalue weighted by molar-refractivity contribution is -0.143. The fourth-order valence-corrected chi connectivity index (χ4v) is 4.31. The first-order chi connectivity index (χ1) is 17.1. The van der Waals surface area contributed by atoms with Gasteiger partial charge < -0.3 is 20.1 Å². The van der Waals surface area contributed by atoms with Crippen molar-refractivity contribution in [1.29, 1.82) is 0 Å². The maximum Gasteiger partial charge on any atom is 0.433 e. The normalized spacial score (nSPS) is 14.0. The minimum atomic E-state index is -4.59. The summed E-state index contributed by atoms with van der Waals surface area (Å²) in [6.07, 6.45) is -4.38. The first-order valence-corrected chi connectivity index (χ1v) is 11.3. The molecule has 1 amide bonds. The van der Waals surface area contributed by atoms with E-state index in [0.29, 0.717) is 24.4 Å². The smallest absolute Gasteiger partial charge is 0.433 e. The maximum atomic E-state index is 13.6. The zero-order chi connectivity index (χ0) is 26.0. The maximum absolute atomic E-state index is 13.6. The number of aliphatic carboxylic acids is 1. The number of aromatic nitrogens is 2. The van der Waals surface area contributed by atoms with Crippen molar-refractivity contribution in [1.82, 2.24) is 15.1 Å². The Morgan fingerprint density at radius 2 is 1.92 bits per heavy atom. The summed E-state index contributed by atoms with van der Waals surface area (Å²) in [5, 5.41) is 15.9. The second-order valence-corrected chi connectivity index (χ2v) is 8.42. The van der Waals surface area contributed by atoms with Gasteiger partial charge in [-0.1, -0.05) is 18.2 Å². The number of nitrogens with one attached hydrogen (secondary N) is 1. The van der Waals surface area contributed by atoms with Gasteiger partial charge in [0.1, 0.15) is 23.7 Å². The lowest BCUT2D eigenvalue weighted by Crippen LogP contribution is -2.45. The quantitative estimate of drug-likeness (QED) is 0.487. The number of carboxylic acids is 1. The van der Waals surface area contributed by atoms with Crippen LogP contribution < -0.4 is 15.0 Å². The van der Waals surface area contributed by atoms with Crippen molar-refractivity contribution in [2.75, 3.05) is 18.5 Å². The molecule has 3 aromatic rings. The van der Waals surface area contributed by atoms with Crippen LogP contribution >= 0.6 is 0 Å². The Labute approximate surface area is 205 Å². The van der Waals surface area contributed by atoms with E-state index in [0.717, 1.165) is 21.9 Å². The number of para-hydroxylation sites is 1. The van der Waals surface area contributed by atoms with Crippen LogP contribution in [-0.4, -0.2) is 46.4 Å². The Morgan fingerprint density at radius 1 is 1.19 bits per heavy atom. The number of halogens is 3. The van der Waals surface area contributed by atoms with Crippen molar-refractivity contribution in [2.24, 2.45) is 0 Å². The van der Waals surface area contributed by atoms with Gasteiger partial charge in [0.05, 0.1) is 18.2 Å². The molecular formula is C25H25F3N4O4. The summed E-state index contributed by atoms with van der Waals surface area (Å²) in [6.45, 7) is 2.04. The molecule has 1 aromatic heterocycles. The number of carbonyl (C=O) groups is 2. The average Bonchev–Trinajstić information content (AvgIpc) is 3.47. The van der Waals surface area contributed by atoms with Crippen LogP contribution in [0.1, 0.15) is 28.9 Å². The number of anilines is 1. The van der Waals surface area contributed by atoms with Gasteiger partial charge in [0.2, 0.25) is 5.91 Å². The number of amides is 1. The van der Waals surface area contributed by atoms with Crippen LogP contribution in [0, 0.1) is 6.92 Å². The number of alkyl halides is 3. The average molecular weight is 502 g/mol. The summed E-state index contributed by atoms with van der Waals surface area (Å²) in [6, 6.07) is 11.5. The molecule has 0 spiro atoms. The number of hydrogen-bond donors (Lipinski definition) is 2. The molecule has 2 heterocycles. The van der Waals surface area contributed by atoms with Crippen molar-refractivity contribution in [3.05, 3.63) is 71.0 Å². The second-order valence-electron chi connectivity index (χ2n) is 8.42. The van der Waals surface area contributed by atoms with E-state index in [9.17, 15) is 22.8 Å². The van der Waals surface area contributed by atoms with Gasteiger partial charge >= 0.3 is 12.1 Å². The van der Waals surface area contributed by atoms with E-state index in [-0.39, 0.29) is 30.3 Å². The van der Waals surface area contributed by atoms with E-state index in [1.165, 1.54) is 7.05 Å². The predicted molar refractivity (Wildman–Crippen MR) is 125 cm³/mol. The Hall–Kier alpha value is -3.86. The highest BCUT2D eigenvalue weighted by molar-refractivity contribution is 6.00. The number of rotatable bonds is 8. The van der Waals surface area contributed by atoms with E-state index in [2.05, 4.69) is 10.4 Å².